The minimum Gasteiger partial charge on any atom is -0.344 e. The molecular weight excluding hydrogens is 257 g/mol. The summed E-state index contributed by atoms with van der Waals surface area (Å²) in [4.78, 5) is 0. The quantitative estimate of drug-likeness (QED) is 0.857. The first-order valence-corrected chi connectivity index (χ1v) is 7.22. The highest BCUT2D eigenvalue weighted by atomic mass is 19.1. The van der Waals surface area contributed by atoms with Gasteiger partial charge in [0.25, 0.3) is 0 Å². The molecule has 20 heavy (non-hydrogen) atoms. The average Bonchev–Trinajstić information content (AvgIpc) is 2.80. The first kappa shape index (κ1) is 14.0. The van der Waals surface area contributed by atoms with Crippen LogP contribution in [0.2, 0.25) is 0 Å². The second-order valence-corrected chi connectivity index (χ2v) is 6.79. The first-order chi connectivity index (χ1) is 9.42. The van der Waals surface area contributed by atoms with E-state index in [1.165, 1.54) is 12.1 Å². The lowest BCUT2D eigenvalue weighted by Gasteiger charge is -2.37. The molecule has 2 aliphatic heterocycles. The fraction of sp³-hybridized carbons (Fsp3) is 0.625. The van der Waals surface area contributed by atoms with E-state index in [4.69, 9.17) is 9.47 Å². The Morgan fingerprint density at radius 1 is 1.25 bits per heavy atom. The minimum atomic E-state index is -0.448. The van der Waals surface area contributed by atoms with Crippen LogP contribution in [-0.4, -0.2) is 25.5 Å². The Balaban J connectivity index is 1.97. The van der Waals surface area contributed by atoms with Gasteiger partial charge in [0.05, 0.1) is 0 Å². The Morgan fingerprint density at radius 2 is 1.95 bits per heavy atom. The topological polar surface area (TPSA) is 30.5 Å². The molecule has 3 rings (SSSR count). The van der Waals surface area contributed by atoms with E-state index in [0.29, 0.717) is 0 Å². The van der Waals surface area contributed by atoms with Gasteiger partial charge in [-0.3, -0.25) is 0 Å². The molecule has 0 amide bonds. The van der Waals surface area contributed by atoms with Crippen LogP contribution in [0.4, 0.5) is 4.39 Å². The molecule has 0 aromatic heterocycles. The summed E-state index contributed by atoms with van der Waals surface area (Å²) >= 11 is 0. The number of piperidine rings is 1. The van der Waals surface area contributed by atoms with Crippen molar-refractivity contribution in [1.29, 1.82) is 0 Å². The van der Waals surface area contributed by atoms with Crippen LogP contribution in [0.25, 0.3) is 0 Å². The minimum absolute atomic E-state index is 0.0223. The van der Waals surface area contributed by atoms with Gasteiger partial charge in [-0.2, -0.15) is 0 Å². The fourth-order valence-corrected chi connectivity index (χ4v) is 3.01. The summed E-state index contributed by atoms with van der Waals surface area (Å²) in [7, 11) is 0. The molecule has 0 spiro atoms. The maximum atomic E-state index is 13.2. The van der Waals surface area contributed by atoms with Gasteiger partial charge in [-0.1, -0.05) is 32.9 Å². The molecule has 3 nitrogen and oxygen atoms in total. The summed E-state index contributed by atoms with van der Waals surface area (Å²) in [5.41, 5.74) is 0.485. The molecule has 1 unspecified atom stereocenters. The van der Waals surface area contributed by atoms with Gasteiger partial charge in [0.1, 0.15) is 17.5 Å². The van der Waals surface area contributed by atoms with Crippen LogP contribution in [-0.2, 0) is 15.1 Å². The van der Waals surface area contributed by atoms with Crippen molar-refractivity contribution in [2.75, 3.05) is 13.1 Å². The molecule has 2 aliphatic rings. The molecule has 0 aliphatic carbocycles. The summed E-state index contributed by atoms with van der Waals surface area (Å²) in [6.07, 6.45) is 0.582. The predicted molar refractivity (Wildman–Crippen MR) is 74.8 cm³/mol. The molecule has 4 heteroatoms. The zero-order chi connectivity index (χ0) is 14.4. The predicted octanol–water partition coefficient (Wildman–Crippen LogP) is 2.80. The first-order valence-electron chi connectivity index (χ1n) is 7.22. The van der Waals surface area contributed by atoms with Gasteiger partial charge in [-0.15, -0.1) is 0 Å². The van der Waals surface area contributed by atoms with Crippen LogP contribution in [0.1, 0.15) is 32.8 Å². The van der Waals surface area contributed by atoms with E-state index < -0.39 is 5.60 Å². The highest BCUT2D eigenvalue weighted by Gasteiger charge is 2.54. The van der Waals surface area contributed by atoms with E-state index >= 15 is 0 Å². The second kappa shape index (κ2) is 4.79. The zero-order valence-electron chi connectivity index (χ0n) is 12.3. The van der Waals surface area contributed by atoms with Gasteiger partial charge >= 0.3 is 0 Å². The number of ether oxygens (including phenoxy) is 2. The second-order valence-electron chi connectivity index (χ2n) is 6.79. The molecule has 0 radical (unpaired) electrons. The molecule has 110 valence electrons. The highest BCUT2D eigenvalue weighted by molar-refractivity contribution is 5.27. The highest BCUT2D eigenvalue weighted by Crippen LogP contribution is 2.47. The number of benzene rings is 1. The van der Waals surface area contributed by atoms with Crippen LogP contribution in [0.5, 0.6) is 0 Å². The van der Waals surface area contributed by atoms with Crippen LogP contribution < -0.4 is 5.32 Å². The van der Waals surface area contributed by atoms with Gasteiger partial charge in [0.15, 0.2) is 6.29 Å². The lowest BCUT2D eigenvalue weighted by Crippen LogP contribution is -2.50. The monoisotopic (exact) mass is 279 g/mol. The van der Waals surface area contributed by atoms with E-state index in [0.717, 1.165) is 25.1 Å². The van der Waals surface area contributed by atoms with Gasteiger partial charge in [0.2, 0.25) is 0 Å². The van der Waals surface area contributed by atoms with Crippen molar-refractivity contribution >= 4 is 0 Å². The van der Waals surface area contributed by atoms with Crippen molar-refractivity contribution < 1.29 is 13.9 Å². The Morgan fingerprint density at radius 3 is 2.60 bits per heavy atom. The Hall–Kier alpha value is -0.970. The number of hydrogen-bond donors (Lipinski definition) is 1. The van der Waals surface area contributed by atoms with Crippen molar-refractivity contribution in [2.45, 2.75) is 45.2 Å². The standard InChI is InChI=1S/C16H22FNO2/c1-15(2,3)14-19-13-10-18-9-8-16(13,20-14)11-4-6-12(17)7-5-11/h4-7,13-14,18H,8-10H2,1-3H3/t13-,14?,16-/m1/s1. The smallest absolute Gasteiger partial charge is 0.164 e. The third kappa shape index (κ3) is 2.26. The molecule has 2 fully saturated rings. The van der Waals surface area contributed by atoms with Crippen LogP contribution >= 0.6 is 0 Å². The average molecular weight is 279 g/mol. The van der Waals surface area contributed by atoms with Crippen molar-refractivity contribution in [3.8, 4) is 0 Å². The molecule has 0 saturated carbocycles. The number of halogens is 1. The number of rotatable bonds is 1. The summed E-state index contributed by atoms with van der Waals surface area (Å²) in [6.45, 7) is 7.99. The molecular formula is C16H22FNO2. The zero-order valence-corrected chi connectivity index (χ0v) is 12.3. The molecule has 1 N–H and O–H groups in total. The van der Waals surface area contributed by atoms with Crippen LogP contribution in [0, 0.1) is 11.2 Å². The van der Waals surface area contributed by atoms with Gasteiger partial charge in [-0.05, 0) is 30.7 Å². The van der Waals surface area contributed by atoms with Crippen LogP contribution in [0.3, 0.4) is 0 Å². The van der Waals surface area contributed by atoms with E-state index in [9.17, 15) is 4.39 Å². The molecule has 1 aromatic carbocycles. The Kier molecular flexibility index (Phi) is 3.35. The van der Waals surface area contributed by atoms with Crippen molar-refractivity contribution in [3.05, 3.63) is 35.6 Å². The molecule has 1 aromatic rings. The summed E-state index contributed by atoms with van der Waals surface area (Å²) in [6, 6.07) is 6.64. The lowest BCUT2D eigenvalue weighted by atomic mass is 9.83. The molecule has 3 atom stereocenters. The Labute approximate surface area is 119 Å². The van der Waals surface area contributed by atoms with E-state index in [2.05, 4.69) is 26.1 Å². The summed E-state index contributed by atoms with van der Waals surface area (Å²) in [5, 5.41) is 3.36. The summed E-state index contributed by atoms with van der Waals surface area (Å²) < 4.78 is 25.7. The third-order valence-corrected chi connectivity index (χ3v) is 4.17. The molecule has 2 heterocycles. The van der Waals surface area contributed by atoms with Crippen LogP contribution in [0.15, 0.2) is 24.3 Å². The van der Waals surface area contributed by atoms with E-state index in [1.54, 1.807) is 0 Å². The normalized spacial score (nSPS) is 34.0. The SMILES string of the molecule is CC(C)(C)C1O[C@@H]2CNCC[C@]2(c2ccc(F)cc2)O1. The van der Waals surface area contributed by atoms with E-state index in [1.807, 2.05) is 12.1 Å². The summed E-state index contributed by atoms with van der Waals surface area (Å²) in [5.74, 6) is -0.220. The van der Waals surface area contributed by atoms with Gasteiger partial charge < -0.3 is 14.8 Å². The van der Waals surface area contributed by atoms with E-state index in [-0.39, 0.29) is 23.6 Å². The largest absolute Gasteiger partial charge is 0.344 e. The van der Waals surface area contributed by atoms with Gasteiger partial charge in [0, 0.05) is 12.0 Å². The maximum absolute atomic E-state index is 13.2. The molecule has 2 saturated heterocycles. The van der Waals surface area contributed by atoms with Gasteiger partial charge in [-0.25, -0.2) is 4.39 Å². The maximum Gasteiger partial charge on any atom is 0.164 e. The van der Waals surface area contributed by atoms with Crippen molar-refractivity contribution in [3.63, 3.8) is 0 Å². The fourth-order valence-electron chi connectivity index (χ4n) is 3.01. The molecule has 0 bridgehead atoms. The number of nitrogens with one attached hydrogen (secondary N) is 1. The lowest BCUT2D eigenvalue weighted by molar-refractivity contribution is -0.149. The number of fused-ring (bicyclic) bond motifs is 1. The number of hydrogen-bond acceptors (Lipinski definition) is 3. The Bertz CT molecular complexity index is 482. The third-order valence-electron chi connectivity index (χ3n) is 4.17. The van der Waals surface area contributed by atoms with Crippen molar-refractivity contribution in [2.24, 2.45) is 5.41 Å². The van der Waals surface area contributed by atoms with Crippen molar-refractivity contribution in [1.82, 2.24) is 5.32 Å².